The van der Waals surface area contributed by atoms with E-state index in [1.807, 2.05) is 18.2 Å². The molecule has 2 unspecified atom stereocenters. The van der Waals surface area contributed by atoms with E-state index in [4.69, 9.17) is 23.2 Å². The molecule has 5 nitrogen and oxygen atoms in total. The van der Waals surface area contributed by atoms with Gasteiger partial charge in [0.05, 0.1) is 17.1 Å². The summed E-state index contributed by atoms with van der Waals surface area (Å²) in [5, 5.41) is 6.80. The highest BCUT2D eigenvalue weighted by Crippen LogP contribution is 2.40. The molecule has 5 rings (SSSR count). The van der Waals surface area contributed by atoms with Crippen LogP contribution in [0.5, 0.6) is 0 Å². The number of amides is 2. The van der Waals surface area contributed by atoms with Crippen molar-refractivity contribution in [1.29, 1.82) is 0 Å². The minimum absolute atomic E-state index is 0.132. The summed E-state index contributed by atoms with van der Waals surface area (Å²) in [4.78, 5) is 27.8. The molecule has 3 aromatic rings. The smallest absolute Gasteiger partial charge is 0.260 e. The van der Waals surface area contributed by atoms with E-state index in [0.29, 0.717) is 22.0 Å². The van der Waals surface area contributed by atoms with Gasteiger partial charge in [-0.05, 0) is 42.5 Å². The Hall–Kier alpha value is -3.22. The maximum atomic E-state index is 14.6. The van der Waals surface area contributed by atoms with Crippen molar-refractivity contribution in [2.75, 3.05) is 9.91 Å². The van der Waals surface area contributed by atoms with E-state index in [-0.39, 0.29) is 10.7 Å². The van der Waals surface area contributed by atoms with Gasteiger partial charge in [-0.15, -0.1) is 0 Å². The molecule has 154 valence electrons. The Labute approximate surface area is 187 Å². The van der Waals surface area contributed by atoms with Gasteiger partial charge in [0.15, 0.2) is 0 Å². The SMILES string of the molecule is O=C1C2C(c3cccc(Cl)c3)=NN(c3ccccc3)C2C(=O)N1c1ccc(Cl)cc1F. The van der Waals surface area contributed by atoms with Gasteiger partial charge in [-0.1, -0.05) is 53.5 Å². The van der Waals surface area contributed by atoms with Crippen molar-refractivity contribution in [1.82, 2.24) is 0 Å². The van der Waals surface area contributed by atoms with Crippen LogP contribution in [0.4, 0.5) is 15.8 Å². The number of fused-ring (bicyclic) bond motifs is 1. The summed E-state index contributed by atoms with van der Waals surface area (Å²) in [5.74, 6) is -2.75. The lowest BCUT2D eigenvalue weighted by molar-refractivity contribution is -0.121. The number of hydrogen-bond acceptors (Lipinski definition) is 4. The molecule has 8 heteroatoms. The van der Waals surface area contributed by atoms with E-state index in [2.05, 4.69) is 5.10 Å². The van der Waals surface area contributed by atoms with Gasteiger partial charge in [-0.3, -0.25) is 14.6 Å². The van der Waals surface area contributed by atoms with E-state index < -0.39 is 29.6 Å². The van der Waals surface area contributed by atoms with Crippen molar-refractivity contribution in [2.45, 2.75) is 6.04 Å². The lowest BCUT2D eigenvalue weighted by Crippen LogP contribution is -2.39. The third kappa shape index (κ3) is 3.19. The molecule has 1 fully saturated rings. The average Bonchev–Trinajstić information content (AvgIpc) is 3.27. The highest BCUT2D eigenvalue weighted by atomic mass is 35.5. The molecule has 0 saturated carbocycles. The van der Waals surface area contributed by atoms with Crippen LogP contribution in [0.1, 0.15) is 5.56 Å². The molecule has 31 heavy (non-hydrogen) atoms. The predicted molar refractivity (Wildman–Crippen MR) is 118 cm³/mol. The van der Waals surface area contributed by atoms with Crippen LogP contribution in [0.15, 0.2) is 77.9 Å². The van der Waals surface area contributed by atoms with Gasteiger partial charge in [0, 0.05) is 15.6 Å². The first-order chi connectivity index (χ1) is 15.0. The zero-order valence-corrected chi connectivity index (χ0v) is 17.4. The van der Waals surface area contributed by atoms with Crippen LogP contribution in [-0.2, 0) is 9.59 Å². The van der Waals surface area contributed by atoms with Crippen LogP contribution in [-0.4, -0.2) is 23.6 Å². The van der Waals surface area contributed by atoms with Gasteiger partial charge < -0.3 is 0 Å². The van der Waals surface area contributed by atoms with Crippen LogP contribution < -0.4 is 9.91 Å². The zero-order valence-electron chi connectivity index (χ0n) is 15.9. The Morgan fingerprint density at radius 1 is 0.839 bits per heavy atom. The summed E-state index contributed by atoms with van der Waals surface area (Å²) in [6, 6.07) is 18.9. The third-order valence-electron chi connectivity index (χ3n) is 5.34. The molecule has 3 aromatic carbocycles. The standard InChI is InChI=1S/C23H14Cl2FN3O2/c24-14-6-4-5-13(11-14)20-19-21(29(27-20)16-7-2-1-3-8-16)23(31)28(22(19)30)18-10-9-15(25)12-17(18)26/h1-12,19,21H. The largest absolute Gasteiger partial charge is 0.273 e. The number of nitrogens with zero attached hydrogens (tertiary/aromatic N) is 3. The van der Waals surface area contributed by atoms with Gasteiger partial charge in [-0.2, -0.15) is 5.10 Å². The van der Waals surface area contributed by atoms with Crippen LogP contribution >= 0.6 is 23.2 Å². The number of para-hydroxylation sites is 1. The molecular formula is C23H14Cl2FN3O2. The number of carbonyl (C=O) groups is 2. The molecule has 0 aliphatic carbocycles. The molecule has 2 aliphatic rings. The summed E-state index contributed by atoms with van der Waals surface area (Å²) in [6.45, 7) is 0. The fourth-order valence-electron chi connectivity index (χ4n) is 3.99. The van der Waals surface area contributed by atoms with Gasteiger partial charge >= 0.3 is 0 Å². The normalized spacial score (nSPS) is 20.3. The monoisotopic (exact) mass is 453 g/mol. The van der Waals surface area contributed by atoms with Crippen molar-refractivity contribution in [3.63, 3.8) is 0 Å². The van der Waals surface area contributed by atoms with Crippen LogP contribution in [0, 0.1) is 11.7 Å². The van der Waals surface area contributed by atoms with E-state index in [1.165, 1.54) is 17.1 Å². The number of hydrazone groups is 1. The zero-order chi connectivity index (χ0) is 21.7. The summed E-state index contributed by atoms with van der Waals surface area (Å²) in [7, 11) is 0. The van der Waals surface area contributed by atoms with Crippen molar-refractivity contribution >= 4 is 52.1 Å². The lowest BCUT2D eigenvalue weighted by Gasteiger charge is -2.22. The maximum Gasteiger partial charge on any atom is 0.260 e. The van der Waals surface area contributed by atoms with Crippen molar-refractivity contribution < 1.29 is 14.0 Å². The second-order valence-electron chi connectivity index (χ2n) is 7.21. The first-order valence-electron chi connectivity index (χ1n) is 9.47. The Bertz CT molecular complexity index is 1250. The highest BCUT2D eigenvalue weighted by Gasteiger charge is 2.57. The Morgan fingerprint density at radius 2 is 1.58 bits per heavy atom. The molecule has 2 atom stereocenters. The van der Waals surface area contributed by atoms with Crippen LogP contribution in [0.2, 0.25) is 10.0 Å². The molecule has 0 radical (unpaired) electrons. The lowest BCUT2D eigenvalue weighted by atomic mass is 9.93. The Balaban J connectivity index is 1.65. The van der Waals surface area contributed by atoms with Crippen LogP contribution in [0.3, 0.4) is 0 Å². The van der Waals surface area contributed by atoms with Gasteiger partial charge in [0.1, 0.15) is 17.8 Å². The first kappa shape index (κ1) is 19.7. The molecule has 0 N–H and O–H groups in total. The third-order valence-corrected chi connectivity index (χ3v) is 5.81. The van der Waals surface area contributed by atoms with Crippen molar-refractivity contribution in [3.05, 3.63) is 94.2 Å². The minimum atomic E-state index is -0.932. The quantitative estimate of drug-likeness (QED) is 0.529. The highest BCUT2D eigenvalue weighted by molar-refractivity contribution is 6.35. The summed E-state index contributed by atoms with van der Waals surface area (Å²) >= 11 is 12.0. The minimum Gasteiger partial charge on any atom is -0.273 e. The Kier molecular flexibility index (Phi) is 4.76. The van der Waals surface area contributed by atoms with Crippen molar-refractivity contribution in [2.24, 2.45) is 11.0 Å². The molecule has 1 saturated heterocycles. The number of halogens is 3. The second kappa shape index (κ2) is 7.48. The molecule has 0 bridgehead atoms. The number of anilines is 2. The van der Waals surface area contributed by atoms with E-state index >= 15 is 0 Å². The Morgan fingerprint density at radius 3 is 2.29 bits per heavy atom. The summed E-state index contributed by atoms with van der Waals surface area (Å²) < 4.78 is 14.6. The molecule has 2 heterocycles. The van der Waals surface area contributed by atoms with Crippen LogP contribution in [0.25, 0.3) is 0 Å². The van der Waals surface area contributed by atoms with Gasteiger partial charge in [-0.25, -0.2) is 9.29 Å². The molecule has 0 spiro atoms. The topological polar surface area (TPSA) is 53.0 Å². The predicted octanol–water partition coefficient (Wildman–Crippen LogP) is 4.92. The summed E-state index contributed by atoms with van der Waals surface area (Å²) in [5.41, 5.74) is 1.55. The number of carbonyl (C=O) groups excluding carboxylic acids is 2. The first-order valence-corrected chi connectivity index (χ1v) is 10.2. The number of rotatable bonds is 3. The second-order valence-corrected chi connectivity index (χ2v) is 8.08. The van der Waals surface area contributed by atoms with E-state index in [1.54, 1.807) is 36.4 Å². The van der Waals surface area contributed by atoms with Gasteiger partial charge in [0.2, 0.25) is 5.91 Å². The van der Waals surface area contributed by atoms with Gasteiger partial charge in [0.25, 0.3) is 5.91 Å². The number of imide groups is 1. The molecule has 2 amide bonds. The molecule has 2 aliphatic heterocycles. The molecular weight excluding hydrogens is 440 g/mol. The number of benzene rings is 3. The fraction of sp³-hybridized carbons (Fsp3) is 0.0870. The average molecular weight is 454 g/mol. The maximum absolute atomic E-state index is 14.6. The molecule has 0 aromatic heterocycles. The van der Waals surface area contributed by atoms with Crippen molar-refractivity contribution in [3.8, 4) is 0 Å². The van der Waals surface area contributed by atoms with E-state index in [9.17, 15) is 14.0 Å². The summed E-state index contributed by atoms with van der Waals surface area (Å²) in [6.07, 6.45) is 0. The number of hydrogen-bond donors (Lipinski definition) is 0. The van der Waals surface area contributed by atoms with E-state index in [0.717, 1.165) is 11.0 Å². The fourth-order valence-corrected chi connectivity index (χ4v) is 4.34.